The van der Waals surface area contributed by atoms with Crippen LogP contribution in [0.1, 0.15) is 23.6 Å². The van der Waals surface area contributed by atoms with Crippen LogP contribution in [-0.2, 0) is 24.3 Å². The van der Waals surface area contributed by atoms with Crippen molar-refractivity contribution < 1.29 is 22.7 Å². The standard InChI is InChI=1S/C21H24N2O5S/c1-5-28-20(25)11-10-19(24)22-17-6-8-18(9-7-17)29(26,27)23-21-15(3)12-14(2)13-16(21)4/h6-13,23H,5H2,1-4H3,(H,22,24)/b11-10+. The van der Waals surface area contributed by atoms with Gasteiger partial charge in [-0.25, -0.2) is 13.2 Å². The number of amides is 1. The normalized spacial score (nSPS) is 11.3. The van der Waals surface area contributed by atoms with E-state index < -0.39 is 21.9 Å². The molecular formula is C21H24N2O5S. The minimum absolute atomic E-state index is 0.0666. The summed E-state index contributed by atoms with van der Waals surface area (Å²) >= 11 is 0. The van der Waals surface area contributed by atoms with Crippen LogP contribution in [0.3, 0.4) is 0 Å². The van der Waals surface area contributed by atoms with E-state index >= 15 is 0 Å². The van der Waals surface area contributed by atoms with Crippen molar-refractivity contribution >= 4 is 33.3 Å². The van der Waals surface area contributed by atoms with Gasteiger partial charge in [0.2, 0.25) is 5.91 Å². The van der Waals surface area contributed by atoms with Crippen LogP contribution in [-0.4, -0.2) is 26.9 Å². The number of nitrogens with one attached hydrogen (secondary N) is 2. The van der Waals surface area contributed by atoms with E-state index in [0.717, 1.165) is 28.8 Å². The topological polar surface area (TPSA) is 102 Å². The van der Waals surface area contributed by atoms with Gasteiger partial charge in [-0.1, -0.05) is 17.7 Å². The SMILES string of the molecule is CCOC(=O)/C=C/C(=O)Nc1ccc(S(=O)(=O)Nc2c(C)cc(C)cc2C)cc1. The lowest BCUT2D eigenvalue weighted by molar-refractivity contribution is -0.137. The van der Waals surface area contributed by atoms with Crippen LogP contribution >= 0.6 is 0 Å². The second-order valence-corrected chi connectivity index (χ2v) is 8.16. The van der Waals surface area contributed by atoms with E-state index in [9.17, 15) is 18.0 Å². The highest BCUT2D eigenvalue weighted by molar-refractivity contribution is 7.92. The number of rotatable bonds is 7. The molecule has 0 fully saturated rings. The van der Waals surface area contributed by atoms with Crippen molar-refractivity contribution in [2.24, 2.45) is 0 Å². The zero-order valence-corrected chi connectivity index (χ0v) is 17.6. The predicted molar refractivity (Wildman–Crippen MR) is 112 cm³/mol. The molecule has 0 spiro atoms. The molecule has 0 radical (unpaired) electrons. The van der Waals surface area contributed by atoms with Crippen LogP contribution in [0, 0.1) is 20.8 Å². The van der Waals surface area contributed by atoms with Crippen molar-refractivity contribution in [3.63, 3.8) is 0 Å². The third-order valence-electron chi connectivity index (χ3n) is 4.00. The first-order valence-electron chi connectivity index (χ1n) is 8.99. The summed E-state index contributed by atoms with van der Waals surface area (Å²) in [6, 6.07) is 9.55. The predicted octanol–water partition coefficient (Wildman–Crippen LogP) is 3.47. The molecule has 0 bridgehead atoms. The van der Waals surface area contributed by atoms with Crippen molar-refractivity contribution in [3.05, 3.63) is 65.2 Å². The molecule has 0 saturated carbocycles. The Morgan fingerprint density at radius 2 is 1.59 bits per heavy atom. The van der Waals surface area contributed by atoms with E-state index in [0.29, 0.717) is 11.4 Å². The van der Waals surface area contributed by atoms with Crippen LogP contribution in [0.15, 0.2) is 53.4 Å². The van der Waals surface area contributed by atoms with Gasteiger partial charge in [0, 0.05) is 17.8 Å². The number of sulfonamides is 1. The molecule has 29 heavy (non-hydrogen) atoms. The van der Waals surface area contributed by atoms with Crippen molar-refractivity contribution in [3.8, 4) is 0 Å². The van der Waals surface area contributed by atoms with Crippen LogP contribution in [0.5, 0.6) is 0 Å². The Hall–Kier alpha value is -3.13. The minimum Gasteiger partial charge on any atom is -0.463 e. The van der Waals surface area contributed by atoms with Crippen molar-refractivity contribution in [2.75, 3.05) is 16.6 Å². The maximum absolute atomic E-state index is 12.7. The van der Waals surface area contributed by atoms with Crippen LogP contribution < -0.4 is 10.0 Å². The lowest BCUT2D eigenvalue weighted by atomic mass is 10.1. The first kappa shape index (κ1) is 22.2. The molecular weight excluding hydrogens is 392 g/mol. The summed E-state index contributed by atoms with van der Waals surface area (Å²) in [4.78, 5) is 23.1. The van der Waals surface area contributed by atoms with Crippen molar-refractivity contribution in [2.45, 2.75) is 32.6 Å². The Kier molecular flexibility index (Phi) is 7.17. The zero-order valence-electron chi connectivity index (χ0n) is 16.8. The fraction of sp³-hybridized carbons (Fsp3) is 0.238. The monoisotopic (exact) mass is 416 g/mol. The number of ether oxygens (including phenoxy) is 1. The minimum atomic E-state index is -3.78. The van der Waals surface area contributed by atoms with Gasteiger partial charge in [-0.15, -0.1) is 0 Å². The number of benzene rings is 2. The third-order valence-corrected chi connectivity index (χ3v) is 5.37. The third kappa shape index (κ3) is 6.18. The molecule has 0 aromatic heterocycles. The number of aryl methyl sites for hydroxylation is 3. The largest absolute Gasteiger partial charge is 0.463 e. The molecule has 8 heteroatoms. The molecule has 2 aromatic rings. The Balaban J connectivity index is 2.11. The second kappa shape index (κ2) is 9.38. The summed E-state index contributed by atoms with van der Waals surface area (Å²) in [5.41, 5.74) is 3.67. The molecule has 0 saturated heterocycles. The molecule has 2 N–H and O–H groups in total. The molecule has 0 aliphatic rings. The van der Waals surface area contributed by atoms with Gasteiger partial charge < -0.3 is 10.1 Å². The van der Waals surface area contributed by atoms with E-state index in [1.54, 1.807) is 6.92 Å². The zero-order chi connectivity index (χ0) is 21.6. The second-order valence-electron chi connectivity index (χ2n) is 6.48. The van der Waals surface area contributed by atoms with Gasteiger partial charge in [-0.05, 0) is 63.1 Å². The van der Waals surface area contributed by atoms with Gasteiger partial charge >= 0.3 is 5.97 Å². The summed E-state index contributed by atoms with van der Waals surface area (Å²) in [5, 5.41) is 2.54. The first-order chi connectivity index (χ1) is 13.6. The quantitative estimate of drug-likeness (QED) is 0.532. The number of anilines is 2. The van der Waals surface area contributed by atoms with Gasteiger partial charge in [-0.3, -0.25) is 9.52 Å². The number of carbonyl (C=O) groups excluding carboxylic acids is 2. The van der Waals surface area contributed by atoms with Gasteiger partial charge in [0.15, 0.2) is 0 Å². The smallest absolute Gasteiger partial charge is 0.330 e. The molecule has 1 amide bonds. The molecule has 7 nitrogen and oxygen atoms in total. The lowest BCUT2D eigenvalue weighted by Gasteiger charge is -2.14. The van der Waals surface area contributed by atoms with Gasteiger partial charge in [0.25, 0.3) is 10.0 Å². The molecule has 0 unspecified atom stereocenters. The van der Waals surface area contributed by atoms with E-state index in [-0.39, 0.29) is 11.5 Å². The highest BCUT2D eigenvalue weighted by Gasteiger charge is 2.17. The van der Waals surface area contributed by atoms with Crippen LogP contribution in [0.25, 0.3) is 0 Å². The fourth-order valence-corrected chi connectivity index (χ4v) is 3.97. The van der Waals surface area contributed by atoms with Gasteiger partial charge in [0.05, 0.1) is 17.2 Å². The summed E-state index contributed by atoms with van der Waals surface area (Å²) in [6.45, 7) is 7.53. The number of esters is 1. The lowest BCUT2D eigenvalue weighted by Crippen LogP contribution is -2.15. The Morgan fingerprint density at radius 1 is 1.00 bits per heavy atom. The summed E-state index contributed by atoms with van der Waals surface area (Å²) < 4.78 is 32.7. The first-order valence-corrected chi connectivity index (χ1v) is 10.5. The maximum atomic E-state index is 12.7. The van der Waals surface area contributed by atoms with Gasteiger partial charge in [-0.2, -0.15) is 0 Å². The molecule has 0 heterocycles. The highest BCUT2D eigenvalue weighted by atomic mass is 32.2. The molecule has 0 aliphatic heterocycles. The van der Waals surface area contributed by atoms with E-state index in [4.69, 9.17) is 0 Å². The Morgan fingerprint density at radius 3 is 2.14 bits per heavy atom. The molecule has 0 atom stereocenters. The maximum Gasteiger partial charge on any atom is 0.330 e. The average molecular weight is 416 g/mol. The fourth-order valence-electron chi connectivity index (χ4n) is 2.77. The van der Waals surface area contributed by atoms with Crippen molar-refractivity contribution in [1.29, 1.82) is 0 Å². The van der Waals surface area contributed by atoms with Gasteiger partial charge in [0.1, 0.15) is 0 Å². The van der Waals surface area contributed by atoms with Crippen LogP contribution in [0.2, 0.25) is 0 Å². The summed E-state index contributed by atoms with van der Waals surface area (Å²) in [7, 11) is -3.78. The Bertz CT molecular complexity index is 1020. The summed E-state index contributed by atoms with van der Waals surface area (Å²) in [5.74, 6) is -1.14. The van der Waals surface area contributed by atoms with Crippen molar-refractivity contribution in [1.82, 2.24) is 0 Å². The molecule has 2 aromatic carbocycles. The highest BCUT2D eigenvalue weighted by Crippen LogP contribution is 2.25. The number of hydrogen-bond acceptors (Lipinski definition) is 5. The van der Waals surface area contributed by atoms with E-state index in [1.807, 2.05) is 32.9 Å². The molecule has 2 rings (SSSR count). The number of carbonyl (C=O) groups is 2. The average Bonchev–Trinajstić information content (AvgIpc) is 2.64. The van der Waals surface area contributed by atoms with Crippen LogP contribution in [0.4, 0.5) is 11.4 Å². The van der Waals surface area contributed by atoms with E-state index in [1.165, 1.54) is 24.3 Å². The molecule has 154 valence electrons. The Labute approximate surface area is 170 Å². The van der Waals surface area contributed by atoms with E-state index in [2.05, 4.69) is 14.8 Å². The molecule has 0 aliphatic carbocycles. The number of hydrogen-bond donors (Lipinski definition) is 2. The summed E-state index contributed by atoms with van der Waals surface area (Å²) in [6.07, 6.45) is 2.07.